The van der Waals surface area contributed by atoms with E-state index in [4.69, 9.17) is 21.1 Å². The van der Waals surface area contributed by atoms with Gasteiger partial charge in [-0.15, -0.1) is 0 Å². The Kier molecular flexibility index (Phi) is 5.37. The summed E-state index contributed by atoms with van der Waals surface area (Å²) in [6.45, 7) is 2.72. The summed E-state index contributed by atoms with van der Waals surface area (Å²) >= 11 is 5.96. The van der Waals surface area contributed by atoms with Gasteiger partial charge in [0.05, 0.1) is 18.8 Å². The Bertz CT molecular complexity index is 1110. The maximum Gasteiger partial charge on any atom is 0.142 e. The Morgan fingerprint density at radius 1 is 1.00 bits per heavy atom. The van der Waals surface area contributed by atoms with E-state index in [1.165, 1.54) is 16.7 Å². The first-order valence-electron chi connectivity index (χ1n) is 10.7. The summed E-state index contributed by atoms with van der Waals surface area (Å²) < 4.78 is 11.7. The highest BCUT2D eigenvalue weighted by Crippen LogP contribution is 2.53. The van der Waals surface area contributed by atoms with Crippen molar-refractivity contribution in [2.45, 2.75) is 31.9 Å². The Morgan fingerprint density at radius 3 is 2.52 bits per heavy atom. The van der Waals surface area contributed by atoms with Crippen LogP contribution in [0.1, 0.15) is 40.6 Å². The molecule has 0 saturated carbocycles. The molecule has 1 aliphatic carbocycles. The number of halogens is 1. The molecule has 1 aliphatic heterocycles. The second kappa shape index (κ2) is 8.32. The molecule has 3 nitrogen and oxygen atoms in total. The van der Waals surface area contributed by atoms with Gasteiger partial charge in [0.15, 0.2) is 0 Å². The number of rotatable bonds is 5. The Hall–Kier alpha value is -2.91. The van der Waals surface area contributed by atoms with Gasteiger partial charge in [-0.05, 0) is 71.8 Å². The zero-order valence-electron chi connectivity index (χ0n) is 17.8. The van der Waals surface area contributed by atoms with E-state index in [0.29, 0.717) is 18.4 Å². The number of fused-ring (bicyclic) bond motifs is 3. The largest absolute Gasteiger partial charge is 0.495 e. The number of allylic oxidation sites excluding steroid dienone is 2. The third kappa shape index (κ3) is 3.79. The SMILES string of the molecule is COc1ccc(C)c2c1NC(c1ccc(OCc3ccc(Cl)cc3)cc1)C1CC=CC21. The number of aryl methyl sites for hydroxylation is 1. The van der Waals surface area contributed by atoms with E-state index in [1.807, 2.05) is 24.3 Å². The molecule has 0 aromatic heterocycles. The zero-order valence-corrected chi connectivity index (χ0v) is 18.5. The molecule has 31 heavy (non-hydrogen) atoms. The van der Waals surface area contributed by atoms with Crippen LogP contribution in [-0.2, 0) is 6.61 Å². The molecule has 0 bridgehead atoms. The second-order valence-electron chi connectivity index (χ2n) is 8.33. The van der Waals surface area contributed by atoms with Crippen LogP contribution in [0, 0.1) is 12.8 Å². The topological polar surface area (TPSA) is 30.5 Å². The van der Waals surface area contributed by atoms with Crippen molar-refractivity contribution in [3.63, 3.8) is 0 Å². The van der Waals surface area contributed by atoms with E-state index in [9.17, 15) is 0 Å². The van der Waals surface area contributed by atoms with E-state index >= 15 is 0 Å². The van der Waals surface area contributed by atoms with Crippen LogP contribution in [0.25, 0.3) is 0 Å². The molecule has 0 saturated heterocycles. The van der Waals surface area contributed by atoms with E-state index in [1.54, 1.807) is 7.11 Å². The predicted molar refractivity (Wildman–Crippen MR) is 126 cm³/mol. The van der Waals surface area contributed by atoms with Crippen molar-refractivity contribution in [2.75, 3.05) is 12.4 Å². The fourth-order valence-corrected chi connectivity index (χ4v) is 5.02. The van der Waals surface area contributed by atoms with Crippen molar-refractivity contribution in [1.29, 1.82) is 0 Å². The number of hydrogen-bond acceptors (Lipinski definition) is 3. The number of methoxy groups -OCH3 is 1. The van der Waals surface area contributed by atoms with Crippen molar-refractivity contribution in [3.05, 3.63) is 100 Å². The molecule has 2 aliphatic rings. The van der Waals surface area contributed by atoms with Crippen molar-refractivity contribution in [3.8, 4) is 11.5 Å². The monoisotopic (exact) mass is 431 g/mol. The van der Waals surface area contributed by atoms with Crippen LogP contribution in [0.2, 0.25) is 5.02 Å². The van der Waals surface area contributed by atoms with E-state index < -0.39 is 0 Å². The summed E-state index contributed by atoms with van der Waals surface area (Å²) in [7, 11) is 1.74. The molecule has 0 spiro atoms. The molecule has 158 valence electrons. The molecule has 3 unspecified atom stereocenters. The van der Waals surface area contributed by atoms with Crippen LogP contribution in [0.3, 0.4) is 0 Å². The van der Waals surface area contributed by atoms with Crippen molar-refractivity contribution in [1.82, 2.24) is 0 Å². The molecule has 3 aromatic carbocycles. The van der Waals surface area contributed by atoms with Crippen molar-refractivity contribution >= 4 is 17.3 Å². The third-order valence-electron chi connectivity index (χ3n) is 6.48. The predicted octanol–water partition coefficient (Wildman–Crippen LogP) is 7.06. The fraction of sp³-hybridized carbons (Fsp3) is 0.259. The van der Waals surface area contributed by atoms with Gasteiger partial charge in [-0.1, -0.05) is 54.1 Å². The quantitative estimate of drug-likeness (QED) is 0.438. The highest BCUT2D eigenvalue weighted by atomic mass is 35.5. The van der Waals surface area contributed by atoms with Crippen LogP contribution < -0.4 is 14.8 Å². The van der Waals surface area contributed by atoms with Gasteiger partial charge in [-0.2, -0.15) is 0 Å². The van der Waals surface area contributed by atoms with Gasteiger partial charge in [-0.3, -0.25) is 0 Å². The van der Waals surface area contributed by atoms with Gasteiger partial charge >= 0.3 is 0 Å². The average Bonchev–Trinajstić information content (AvgIpc) is 3.29. The number of hydrogen-bond donors (Lipinski definition) is 1. The minimum atomic E-state index is 0.230. The third-order valence-corrected chi connectivity index (χ3v) is 6.73. The standard InChI is InChI=1S/C27H26ClNO2/c1-17-6-15-24(30-2)27-25(17)22-4-3-5-23(22)26(29-27)19-9-13-21(14-10-19)31-16-18-7-11-20(28)12-8-18/h3-4,6-15,22-23,26,29H,5,16H2,1-2H3. The van der Waals surface area contributed by atoms with E-state index in [2.05, 4.69) is 60.8 Å². The highest BCUT2D eigenvalue weighted by Gasteiger charge is 2.39. The minimum Gasteiger partial charge on any atom is -0.495 e. The first-order valence-corrected chi connectivity index (χ1v) is 11.1. The number of ether oxygens (including phenoxy) is 2. The lowest BCUT2D eigenvalue weighted by Crippen LogP contribution is -2.30. The smallest absolute Gasteiger partial charge is 0.142 e. The molecule has 1 N–H and O–H groups in total. The van der Waals surface area contributed by atoms with Gasteiger partial charge in [0.2, 0.25) is 0 Å². The molecular formula is C27H26ClNO2. The molecule has 5 rings (SSSR count). The molecule has 3 atom stereocenters. The first kappa shape index (κ1) is 20.0. The van der Waals surface area contributed by atoms with Gasteiger partial charge in [0.1, 0.15) is 18.1 Å². The van der Waals surface area contributed by atoms with Crippen LogP contribution in [0.5, 0.6) is 11.5 Å². The van der Waals surface area contributed by atoms with Gasteiger partial charge < -0.3 is 14.8 Å². The zero-order chi connectivity index (χ0) is 21.4. The number of benzene rings is 3. The maximum absolute atomic E-state index is 5.97. The second-order valence-corrected chi connectivity index (χ2v) is 8.77. The summed E-state index contributed by atoms with van der Waals surface area (Å²) in [5, 5.41) is 4.55. The number of anilines is 1. The van der Waals surface area contributed by atoms with Crippen molar-refractivity contribution in [2.24, 2.45) is 5.92 Å². The molecular weight excluding hydrogens is 406 g/mol. The summed E-state index contributed by atoms with van der Waals surface area (Å²) in [5.41, 5.74) is 6.18. The van der Waals surface area contributed by atoms with E-state index in [0.717, 1.165) is 34.2 Å². The van der Waals surface area contributed by atoms with Crippen LogP contribution in [0.4, 0.5) is 5.69 Å². The molecule has 0 radical (unpaired) electrons. The Labute approximate surface area is 188 Å². The van der Waals surface area contributed by atoms with Crippen LogP contribution >= 0.6 is 11.6 Å². The molecule has 0 amide bonds. The minimum absolute atomic E-state index is 0.230. The molecule has 0 fully saturated rings. The van der Waals surface area contributed by atoms with Gasteiger partial charge in [-0.25, -0.2) is 0 Å². The summed E-state index contributed by atoms with van der Waals surface area (Å²) in [6.07, 6.45) is 5.77. The van der Waals surface area contributed by atoms with Gasteiger partial charge in [0.25, 0.3) is 0 Å². The van der Waals surface area contributed by atoms with Gasteiger partial charge in [0, 0.05) is 10.9 Å². The fourth-order valence-electron chi connectivity index (χ4n) is 4.89. The normalized spacial score (nSPS) is 21.2. The Morgan fingerprint density at radius 2 is 1.77 bits per heavy atom. The molecule has 4 heteroatoms. The lowest BCUT2D eigenvalue weighted by atomic mass is 9.75. The van der Waals surface area contributed by atoms with Crippen molar-refractivity contribution < 1.29 is 9.47 Å². The first-order chi connectivity index (χ1) is 15.1. The lowest BCUT2D eigenvalue weighted by Gasteiger charge is -2.39. The summed E-state index contributed by atoms with van der Waals surface area (Å²) in [4.78, 5) is 0. The highest BCUT2D eigenvalue weighted by molar-refractivity contribution is 6.30. The molecule has 3 aromatic rings. The lowest BCUT2D eigenvalue weighted by molar-refractivity contribution is 0.306. The summed E-state index contributed by atoms with van der Waals surface area (Å²) in [6, 6.07) is 20.7. The summed E-state index contributed by atoms with van der Waals surface area (Å²) in [5.74, 6) is 2.69. The average molecular weight is 432 g/mol. The number of nitrogens with one attached hydrogen (secondary N) is 1. The Balaban J connectivity index is 1.38. The van der Waals surface area contributed by atoms with Crippen LogP contribution in [0.15, 0.2) is 72.8 Å². The molecule has 1 heterocycles. The van der Waals surface area contributed by atoms with E-state index in [-0.39, 0.29) is 6.04 Å². The van der Waals surface area contributed by atoms with Crippen LogP contribution in [-0.4, -0.2) is 7.11 Å². The maximum atomic E-state index is 5.97.